The van der Waals surface area contributed by atoms with Crippen molar-refractivity contribution in [1.29, 1.82) is 0 Å². The van der Waals surface area contributed by atoms with E-state index in [9.17, 15) is 8.42 Å². The summed E-state index contributed by atoms with van der Waals surface area (Å²) in [6.07, 6.45) is 1.75. The number of sulfonamides is 1. The predicted octanol–water partition coefficient (Wildman–Crippen LogP) is 1.17. The van der Waals surface area contributed by atoms with Crippen molar-refractivity contribution >= 4 is 10.0 Å². The molecular formula is C15H25N3O2S. The molecule has 1 fully saturated rings. The molecule has 1 aromatic carbocycles. The van der Waals surface area contributed by atoms with Gasteiger partial charge in [0.25, 0.3) is 0 Å². The normalized spacial score (nSPS) is 18.3. The van der Waals surface area contributed by atoms with E-state index in [-0.39, 0.29) is 6.04 Å². The average Bonchev–Trinajstić information content (AvgIpc) is 2.47. The summed E-state index contributed by atoms with van der Waals surface area (Å²) in [4.78, 5) is 2.61. The summed E-state index contributed by atoms with van der Waals surface area (Å²) in [5, 5.41) is 0. The third kappa shape index (κ3) is 3.45. The Morgan fingerprint density at radius 1 is 1.33 bits per heavy atom. The van der Waals surface area contributed by atoms with Crippen molar-refractivity contribution in [1.82, 2.24) is 9.21 Å². The number of hydrogen-bond acceptors (Lipinski definition) is 4. The van der Waals surface area contributed by atoms with Gasteiger partial charge >= 0.3 is 0 Å². The highest BCUT2D eigenvalue weighted by atomic mass is 32.2. The zero-order valence-corrected chi connectivity index (χ0v) is 13.9. The number of nitrogens with zero attached hydrogens (tertiary/aromatic N) is 2. The Morgan fingerprint density at radius 3 is 2.52 bits per heavy atom. The number of benzene rings is 1. The molecule has 118 valence electrons. The Bertz CT molecular complexity index is 593. The second-order valence-electron chi connectivity index (χ2n) is 5.86. The van der Waals surface area contributed by atoms with E-state index in [0.29, 0.717) is 11.4 Å². The van der Waals surface area contributed by atoms with Crippen LogP contribution >= 0.6 is 0 Å². The smallest absolute Gasteiger partial charge is 0.243 e. The van der Waals surface area contributed by atoms with Gasteiger partial charge in [-0.1, -0.05) is 12.1 Å². The van der Waals surface area contributed by atoms with Crippen LogP contribution < -0.4 is 5.73 Å². The first kappa shape index (κ1) is 16.4. The molecule has 0 spiro atoms. The lowest BCUT2D eigenvalue weighted by atomic mass is 10.1. The molecule has 21 heavy (non-hydrogen) atoms. The first-order chi connectivity index (χ1) is 9.86. The molecular weight excluding hydrogens is 286 g/mol. The van der Waals surface area contributed by atoms with E-state index in [0.717, 1.165) is 37.1 Å². The van der Waals surface area contributed by atoms with Gasteiger partial charge in [0.15, 0.2) is 0 Å². The second-order valence-corrected chi connectivity index (χ2v) is 7.83. The lowest BCUT2D eigenvalue weighted by Gasteiger charge is -2.34. The van der Waals surface area contributed by atoms with E-state index in [1.54, 1.807) is 17.4 Å². The predicted molar refractivity (Wildman–Crippen MR) is 84.5 cm³/mol. The van der Waals surface area contributed by atoms with Crippen molar-refractivity contribution in [3.05, 3.63) is 29.3 Å². The van der Waals surface area contributed by atoms with Crippen LogP contribution in [0.2, 0.25) is 0 Å². The number of likely N-dealkylation sites (tertiary alicyclic amines) is 1. The molecule has 0 unspecified atom stereocenters. The summed E-state index contributed by atoms with van der Waals surface area (Å²) < 4.78 is 27.3. The molecule has 0 amide bonds. The average molecular weight is 311 g/mol. The fourth-order valence-electron chi connectivity index (χ4n) is 2.76. The Balaban J connectivity index is 2.29. The van der Waals surface area contributed by atoms with Crippen LogP contribution in [0.5, 0.6) is 0 Å². The lowest BCUT2D eigenvalue weighted by Crippen LogP contribution is -2.44. The minimum absolute atomic E-state index is 0.0760. The number of rotatable bonds is 4. The Kier molecular flexibility index (Phi) is 5.03. The van der Waals surface area contributed by atoms with Crippen LogP contribution in [0.4, 0.5) is 0 Å². The number of nitrogens with two attached hydrogens (primary N) is 1. The molecule has 1 heterocycles. The van der Waals surface area contributed by atoms with Gasteiger partial charge in [-0.25, -0.2) is 8.42 Å². The van der Waals surface area contributed by atoms with Crippen LogP contribution in [0.25, 0.3) is 0 Å². The summed E-state index contributed by atoms with van der Waals surface area (Å²) in [5.41, 5.74) is 7.25. The zero-order valence-electron chi connectivity index (χ0n) is 13.0. The van der Waals surface area contributed by atoms with E-state index >= 15 is 0 Å². The number of hydrogen-bond donors (Lipinski definition) is 1. The van der Waals surface area contributed by atoms with E-state index in [4.69, 9.17) is 5.73 Å². The van der Waals surface area contributed by atoms with E-state index < -0.39 is 10.0 Å². The van der Waals surface area contributed by atoms with Crippen LogP contribution in [0.1, 0.15) is 24.0 Å². The first-order valence-electron chi connectivity index (χ1n) is 7.32. The van der Waals surface area contributed by atoms with Crippen molar-refractivity contribution in [2.75, 3.05) is 27.2 Å². The maximum Gasteiger partial charge on any atom is 0.243 e. The molecule has 1 saturated heterocycles. The molecule has 5 nitrogen and oxygen atoms in total. The summed E-state index contributed by atoms with van der Waals surface area (Å²) in [5.74, 6) is 0. The molecule has 6 heteroatoms. The fraction of sp³-hybridized carbons (Fsp3) is 0.600. The van der Waals surface area contributed by atoms with Gasteiger partial charge in [0, 0.05) is 19.6 Å². The van der Waals surface area contributed by atoms with Crippen LogP contribution in [0.3, 0.4) is 0 Å². The van der Waals surface area contributed by atoms with Crippen LogP contribution in [0.15, 0.2) is 23.1 Å². The molecule has 0 aromatic heterocycles. The fourth-order valence-corrected chi connectivity index (χ4v) is 4.45. The molecule has 0 atom stereocenters. The topological polar surface area (TPSA) is 66.6 Å². The van der Waals surface area contributed by atoms with E-state index in [1.165, 1.54) is 0 Å². The van der Waals surface area contributed by atoms with Gasteiger partial charge in [0.05, 0.1) is 4.90 Å². The van der Waals surface area contributed by atoms with Crippen molar-refractivity contribution in [3.8, 4) is 0 Å². The highest BCUT2D eigenvalue weighted by molar-refractivity contribution is 7.89. The molecule has 1 aliphatic heterocycles. The minimum Gasteiger partial charge on any atom is -0.326 e. The van der Waals surface area contributed by atoms with Gasteiger partial charge in [-0.3, -0.25) is 0 Å². The Hall–Kier alpha value is -0.950. The highest BCUT2D eigenvalue weighted by Gasteiger charge is 2.31. The quantitative estimate of drug-likeness (QED) is 0.906. The molecule has 1 aromatic rings. The van der Waals surface area contributed by atoms with Gasteiger partial charge in [-0.2, -0.15) is 4.31 Å². The van der Waals surface area contributed by atoms with Crippen LogP contribution in [0, 0.1) is 6.92 Å². The summed E-state index contributed by atoms with van der Waals surface area (Å²) >= 11 is 0. The van der Waals surface area contributed by atoms with Crippen molar-refractivity contribution in [3.63, 3.8) is 0 Å². The molecule has 2 rings (SSSR count). The third-order valence-corrected chi connectivity index (χ3v) is 6.40. The van der Waals surface area contributed by atoms with Gasteiger partial charge in [-0.05, 0) is 57.1 Å². The monoisotopic (exact) mass is 311 g/mol. The summed E-state index contributed by atoms with van der Waals surface area (Å²) in [7, 11) is 0.303. The molecule has 0 saturated carbocycles. The second kappa shape index (κ2) is 6.44. The summed E-state index contributed by atoms with van der Waals surface area (Å²) in [6.45, 7) is 4.05. The summed E-state index contributed by atoms with van der Waals surface area (Å²) in [6, 6.07) is 5.49. The molecule has 1 aliphatic rings. The number of piperidine rings is 1. The zero-order chi connectivity index (χ0) is 15.6. The molecule has 0 bridgehead atoms. The minimum atomic E-state index is -3.46. The van der Waals surface area contributed by atoms with Gasteiger partial charge in [-0.15, -0.1) is 0 Å². The highest BCUT2D eigenvalue weighted by Crippen LogP contribution is 2.25. The maximum atomic E-state index is 12.9. The molecule has 0 aliphatic carbocycles. The number of aryl methyl sites for hydroxylation is 1. The van der Waals surface area contributed by atoms with Gasteiger partial charge < -0.3 is 10.6 Å². The van der Waals surface area contributed by atoms with Crippen LogP contribution in [-0.4, -0.2) is 50.8 Å². The van der Waals surface area contributed by atoms with Gasteiger partial charge in [0.1, 0.15) is 0 Å². The molecule has 0 radical (unpaired) electrons. The largest absolute Gasteiger partial charge is 0.326 e. The standard InChI is InChI=1S/C15H25N3O2S/c1-12-4-5-13(11-16)10-15(12)21(19,20)18(3)14-6-8-17(2)9-7-14/h4-5,10,14H,6-9,11,16H2,1-3H3. The van der Waals surface area contributed by atoms with Crippen molar-refractivity contribution in [2.24, 2.45) is 5.73 Å². The SMILES string of the molecule is Cc1ccc(CN)cc1S(=O)(=O)N(C)C1CCN(C)CC1. The Labute approximate surface area is 127 Å². The van der Waals surface area contributed by atoms with Gasteiger partial charge in [0.2, 0.25) is 10.0 Å². The first-order valence-corrected chi connectivity index (χ1v) is 8.76. The van der Waals surface area contributed by atoms with E-state index in [2.05, 4.69) is 11.9 Å². The Morgan fingerprint density at radius 2 is 1.95 bits per heavy atom. The van der Waals surface area contributed by atoms with Crippen LogP contribution in [-0.2, 0) is 16.6 Å². The van der Waals surface area contributed by atoms with Crippen molar-refractivity contribution in [2.45, 2.75) is 37.2 Å². The van der Waals surface area contributed by atoms with E-state index in [1.807, 2.05) is 19.1 Å². The van der Waals surface area contributed by atoms with Crippen molar-refractivity contribution < 1.29 is 8.42 Å². The lowest BCUT2D eigenvalue weighted by molar-refractivity contribution is 0.197. The molecule has 2 N–H and O–H groups in total. The maximum absolute atomic E-state index is 12.9. The third-order valence-electron chi connectivity index (χ3n) is 4.35.